The second kappa shape index (κ2) is 6.62. The maximum atomic E-state index is 12.3. The predicted octanol–water partition coefficient (Wildman–Crippen LogP) is 0.794. The number of hydrazine groups is 1. The number of hydrogen-bond donors (Lipinski definition) is 3. The quantitative estimate of drug-likeness (QED) is 0.556. The van der Waals surface area contributed by atoms with E-state index in [2.05, 4.69) is 20.7 Å². The van der Waals surface area contributed by atoms with Crippen molar-refractivity contribution in [2.45, 2.75) is 38.6 Å². The van der Waals surface area contributed by atoms with Gasteiger partial charge in [-0.3, -0.25) is 10.6 Å². The van der Waals surface area contributed by atoms with E-state index in [0.29, 0.717) is 24.7 Å². The fourth-order valence-corrected chi connectivity index (χ4v) is 2.05. The summed E-state index contributed by atoms with van der Waals surface area (Å²) in [7, 11) is 0. The van der Waals surface area contributed by atoms with E-state index in [9.17, 15) is 4.79 Å². The van der Waals surface area contributed by atoms with Gasteiger partial charge in [-0.15, -0.1) is 0 Å². The minimum Gasteiger partial charge on any atom is -0.381 e. The van der Waals surface area contributed by atoms with Gasteiger partial charge < -0.3 is 15.5 Å². The maximum absolute atomic E-state index is 12.3. The molecule has 2 heterocycles. The number of carbonyl (C=O) groups excluding carboxylic acids is 1. The van der Waals surface area contributed by atoms with E-state index >= 15 is 0 Å². The van der Waals surface area contributed by atoms with Crippen molar-refractivity contribution in [1.82, 2.24) is 15.3 Å². The average molecular weight is 279 g/mol. The Morgan fingerprint density at radius 3 is 2.75 bits per heavy atom. The summed E-state index contributed by atoms with van der Waals surface area (Å²) in [4.78, 5) is 20.8. The van der Waals surface area contributed by atoms with Crippen LogP contribution in [0, 0.1) is 0 Å². The summed E-state index contributed by atoms with van der Waals surface area (Å²) < 4.78 is 5.27. The minimum absolute atomic E-state index is 0.124. The molecule has 0 saturated carbocycles. The average Bonchev–Trinajstić information content (AvgIpc) is 2.47. The van der Waals surface area contributed by atoms with E-state index in [1.807, 2.05) is 13.8 Å². The normalized spacial score (nSPS) is 16.2. The molecular weight excluding hydrogens is 258 g/mol. The molecule has 20 heavy (non-hydrogen) atoms. The number of rotatable bonds is 4. The van der Waals surface area contributed by atoms with Gasteiger partial charge in [0.1, 0.15) is 5.82 Å². The number of carbonyl (C=O) groups is 1. The fourth-order valence-electron chi connectivity index (χ4n) is 2.05. The van der Waals surface area contributed by atoms with Crippen molar-refractivity contribution < 1.29 is 9.53 Å². The number of aromatic nitrogens is 2. The third kappa shape index (κ3) is 3.43. The molecule has 7 nitrogen and oxygen atoms in total. The summed E-state index contributed by atoms with van der Waals surface area (Å²) in [5, 5.41) is 2.97. The van der Waals surface area contributed by atoms with Gasteiger partial charge in [0.2, 0.25) is 0 Å². The molecule has 0 aromatic carbocycles. The van der Waals surface area contributed by atoms with Crippen LogP contribution < -0.4 is 16.6 Å². The van der Waals surface area contributed by atoms with Crippen molar-refractivity contribution >= 4 is 11.6 Å². The Hall–Kier alpha value is -1.73. The van der Waals surface area contributed by atoms with Crippen LogP contribution in [-0.2, 0) is 4.74 Å². The van der Waals surface area contributed by atoms with Crippen LogP contribution in [0.5, 0.6) is 0 Å². The van der Waals surface area contributed by atoms with Crippen molar-refractivity contribution in [3.8, 4) is 0 Å². The number of ether oxygens (including phenoxy) is 1. The number of nitrogens with two attached hydrogens (primary N) is 1. The van der Waals surface area contributed by atoms with E-state index < -0.39 is 0 Å². The van der Waals surface area contributed by atoms with Crippen molar-refractivity contribution in [2.24, 2.45) is 5.84 Å². The summed E-state index contributed by atoms with van der Waals surface area (Å²) in [6.45, 7) is 5.30. The minimum atomic E-state index is -0.228. The molecule has 0 spiro atoms. The van der Waals surface area contributed by atoms with Gasteiger partial charge in [-0.2, -0.15) is 0 Å². The highest BCUT2D eigenvalue weighted by Gasteiger charge is 2.21. The van der Waals surface area contributed by atoms with Crippen LogP contribution in [0.2, 0.25) is 0 Å². The first-order valence-corrected chi connectivity index (χ1v) is 6.84. The molecule has 4 N–H and O–H groups in total. The Labute approximate surface area is 118 Å². The highest BCUT2D eigenvalue weighted by Crippen LogP contribution is 2.16. The lowest BCUT2D eigenvalue weighted by molar-refractivity contribution is 0.0694. The number of nitrogens with one attached hydrogen (secondary N) is 2. The van der Waals surface area contributed by atoms with Crippen LogP contribution in [0.4, 0.5) is 5.69 Å². The van der Waals surface area contributed by atoms with Gasteiger partial charge in [-0.05, 0) is 12.8 Å². The summed E-state index contributed by atoms with van der Waals surface area (Å²) >= 11 is 0. The molecule has 0 unspecified atom stereocenters. The summed E-state index contributed by atoms with van der Waals surface area (Å²) in [5.74, 6) is 5.97. The molecule has 0 radical (unpaired) electrons. The van der Waals surface area contributed by atoms with Crippen LogP contribution >= 0.6 is 0 Å². The van der Waals surface area contributed by atoms with Gasteiger partial charge in [-0.1, -0.05) is 13.8 Å². The zero-order valence-corrected chi connectivity index (χ0v) is 11.8. The molecule has 2 rings (SSSR count). The summed E-state index contributed by atoms with van der Waals surface area (Å²) in [6, 6.07) is 0.124. The van der Waals surface area contributed by atoms with E-state index in [-0.39, 0.29) is 23.6 Å². The third-order valence-electron chi connectivity index (χ3n) is 3.25. The molecule has 1 amide bonds. The molecule has 0 bridgehead atoms. The lowest BCUT2D eigenvalue weighted by Crippen LogP contribution is -2.39. The first-order chi connectivity index (χ1) is 9.61. The Morgan fingerprint density at radius 2 is 2.15 bits per heavy atom. The van der Waals surface area contributed by atoms with Crippen LogP contribution in [0.15, 0.2) is 6.20 Å². The van der Waals surface area contributed by atoms with Crippen molar-refractivity contribution in [3.05, 3.63) is 17.7 Å². The second-order valence-corrected chi connectivity index (χ2v) is 5.15. The maximum Gasteiger partial charge on any atom is 0.272 e. The Kier molecular flexibility index (Phi) is 4.86. The monoisotopic (exact) mass is 279 g/mol. The standard InChI is InChI=1S/C13H21N5O2/c1-8(2)12-15-7-10(18-14)11(17-12)13(19)16-9-3-5-20-6-4-9/h7-9,18H,3-6,14H2,1-2H3,(H,16,19). The molecule has 0 atom stereocenters. The van der Waals surface area contributed by atoms with Crippen LogP contribution in [0.3, 0.4) is 0 Å². The SMILES string of the molecule is CC(C)c1ncc(NN)c(C(=O)NC2CCOCC2)n1. The second-order valence-electron chi connectivity index (χ2n) is 5.15. The lowest BCUT2D eigenvalue weighted by Gasteiger charge is -2.23. The molecule has 1 fully saturated rings. The number of anilines is 1. The topological polar surface area (TPSA) is 102 Å². The van der Waals surface area contributed by atoms with Crippen LogP contribution in [0.1, 0.15) is 48.9 Å². The number of nitrogens with zero attached hydrogens (tertiary/aromatic N) is 2. The Balaban J connectivity index is 2.16. The molecule has 0 aliphatic carbocycles. The van der Waals surface area contributed by atoms with Crippen molar-refractivity contribution in [1.29, 1.82) is 0 Å². The van der Waals surface area contributed by atoms with E-state index in [1.165, 1.54) is 0 Å². The zero-order chi connectivity index (χ0) is 14.5. The molecule has 1 aliphatic rings. The smallest absolute Gasteiger partial charge is 0.272 e. The van der Waals surface area contributed by atoms with Crippen molar-refractivity contribution in [3.63, 3.8) is 0 Å². The van der Waals surface area contributed by atoms with Gasteiger partial charge in [0.05, 0.1) is 11.9 Å². The van der Waals surface area contributed by atoms with Gasteiger partial charge in [0, 0.05) is 25.2 Å². The van der Waals surface area contributed by atoms with E-state index in [1.54, 1.807) is 6.20 Å². The highest BCUT2D eigenvalue weighted by molar-refractivity contribution is 5.97. The summed E-state index contributed by atoms with van der Waals surface area (Å²) in [5.41, 5.74) is 3.19. The third-order valence-corrected chi connectivity index (χ3v) is 3.25. The fraction of sp³-hybridized carbons (Fsp3) is 0.615. The Morgan fingerprint density at radius 1 is 1.45 bits per heavy atom. The summed E-state index contributed by atoms with van der Waals surface area (Å²) in [6.07, 6.45) is 3.18. The largest absolute Gasteiger partial charge is 0.381 e. The lowest BCUT2D eigenvalue weighted by atomic mass is 10.1. The van der Waals surface area contributed by atoms with Crippen LogP contribution in [-0.4, -0.2) is 35.1 Å². The first kappa shape index (κ1) is 14.7. The molecular formula is C13H21N5O2. The van der Waals surface area contributed by atoms with Gasteiger partial charge >= 0.3 is 0 Å². The van der Waals surface area contributed by atoms with Crippen molar-refractivity contribution in [2.75, 3.05) is 18.6 Å². The zero-order valence-electron chi connectivity index (χ0n) is 11.8. The van der Waals surface area contributed by atoms with Gasteiger partial charge in [0.25, 0.3) is 5.91 Å². The van der Waals surface area contributed by atoms with E-state index in [0.717, 1.165) is 12.8 Å². The molecule has 1 saturated heterocycles. The molecule has 110 valence electrons. The molecule has 7 heteroatoms. The Bertz CT molecular complexity index is 472. The van der Waals surface area contributed by atoms with E-state index in [4.69, 9.17) is 10.6 Å². The van der Waals surface area contributed by atoms with Crippen LogP contribution in [0.25, 0.3) is 0 Å². The molecule has 1 aliphatic heterocycles. The predicted molar refractivity (Wildman–Crippen MR) is 75.2 cm³/mol. The van der Waals surface area contributed by atoms with Gasteiger partial charge in [0.15, 0.2) is 5.69 Å². The number of nitrogen functional groups attached to an aromatic ring is 1. The molecule has 1 aromatic rings. The molecule has 1 aromatic heterocycles. The number of amides is 1. The highest BCUT2D eigenvalue weighted by atomic mass is 16.5. The van der Waals surface area contributed by atoms with Gasteiger partial charge in [-0.25, -0.2) is 9.97 Å². The first-order valence-electron chi connectivity index (χ1n) is 6.84. The number of hydrogen-bond acceptors (Lipinski definition) is 6.